The monoisotopic (exact) mass is 543 g/mol. The summed E-state index contributed by atoms with van der Waals surface area (Å²) < 4.78 is 0. The molecule has 0 unspecified atom stereocenters. The van der Waals surface area contributed by atoms with Gasteiger partial charge in [-0.3, -0.25) is 0 Å². The van der Waals surface area contributed by atoms with Gasteiger partial charge in [0.1, 0.15) is 40.7 Å². The SMILES string of the molecule is Br.C=O.C=O.C=O.C=O.C=O.C=O.CC(C)CCON.CSSC.N.N.N.N.O. The quantitative estimate of drug-likeness (QED) is 0.249. The van der Waals surface area contributed by atoms with Crippen molar-refractivity contribution in [2.24, 2.45) is 11.8 Å². The van der Waals surface area contributed by atoms with Crippen molar-refractivity contribution >= 4 is 79.3 Å². The van der Waals surface area contributed by atoms with Gasteiger partial charge in [0.15, 0.2) is 0 Å². The highest BCUT2D eigenvalue weighted by Crippen LogP contribution is 2.09. The molecule has 0 aliphatic carbocycles. The third kappa shape index (κ3) is 1090. The van der Waals surface area contributed by atoms with Crippen LogP contribution in [0.2, 0.25) is 0 Å². The molecule has 0 saturated heterocycles. The van der Waals surface area contributed by atoms with E-state index in [-0.39, 0.29) is 47.1 Å². The molecule has 0 amide bonds. The van der Waals surface area contributed by atoms with Crippen molar-refractivity contribution in [1.29, 1.82) is 0 Å². The van der Waals surface area contributed by atoms with Crippen molar-refractivity contribution in [1.82, 2.24) is 24.6 Å². The molecule has 0 aliphatic heterocycles. The summed E-state index contributed by atoms with van der Waals surface area (Å²) in [4.78, 5) is 52.4. The lowest BCUT2D eigenvalue weighted by atomic mass is 10.1. The Kier molecular flexibility index (Phi) is 1360. The van der Waals surface area contributed by atoms with Gasteiger partial charge in [0.25, 0.3) is 0 Å². The summed E-state index contributed by atoms with van der Waals surface area (Å²) in [7, 11) is 3.55. The van der Waals surface area contributed by atoms with Crippen molar-refractivity contribution in [3.8, 4) is 0 Å². The van der Waals surface area contributed by atoms with Crippen molar-refractivity contribution in [3.63, 3.8) is 0 Å². The van der Waals surface area contributed by atoms with Crippen molar-refractivity contribution in [2.75, 3.05) is 19.1 Å². The van der Waals surface area contributed by atoms with Crippen LogP contribution in [0.3, 0.4) is 0 Å². The van der Waals surface area contributed by atoms with Crippen LogP contribution in [0, 0.1) is 5.92 Å². The average molecular weight is 545 g/mol. The van der Waals surface area contributed by atoms with Gasteiger partial charge in [-0.1, -0.05) is 35.4 Å². The molecule has 0 bridgehead atoms. The first kappa shape index (κ1) is 104. The smallest absolute Gasteiger partial charge is 0.106 e. The molecule has 0 aromatic heterocycles. The summed E-state index contributed by atoms with van der Waals surface area (Å²) in [6.07, 6.45) is 5.17. The van der Waals surface area contributed by atoms with Gasteiger partial charge in [0.2, 0.25) is 0 Å². The Bertz CT molecular complexity index is 142. The standard InChI is InChI=1S/C5H13NO.C2H6S2.6CH2O.BrH.4H3N.H2O/c1-5(2)3-4-7-6;1-3-4-2;6*1-2;;;;;;/h5H,3-4,6H2,1-2H3;1-2H3;6*1H2;1H;4*1H3;1H2. The summed E-state index contributed by atoms with van der Waals surface area (Å²) >= 11 is 0. The van der Waals surface area contributed by atoms with Crippen LogP contribution >= 0.6 is 38.6 Å². The molecule has 0 fully saturated rings. The zero-order valence-corrected chi connectivity index (χ0v) is 21.6. The Morgan fingerprint density at radius 3 is 0.897 bits per heavy atom. The van der Waals surface area contributed by atoms with E-state index in [0.29, 0.717) is 12.5 Å². The first-order chi connectivity index (χ1) is 11.2. The van der Waals surface area contributed by atoms with Crippen molar-refractivity contribution in [2.45, 2.75) is 20.3 Å². The van der Waals surface area contributed by atoms with E-state index in [1.54, 1.807) is 21.6 Å². The maximum absolute atomic E-state index is 8.00. The number of hydrogen-bond donors (Lipinski definition) is 5. The molecule has 190 valence electrons. The fourth-order valence-electron chi connectivity index (χ4n) is 0.304. The van der Waals surface area contributed by atoms with Gasteiger partial charge in [-0.05, 0) is 24.9 Å². The molecule has 13 nitrogen and oxygen atoms in total. The van der Waals surface area contributed by atoms with Crippen LogP contribution in [-0.2, 0) is 33.6 Å². The van der Waals surface area contributed by atoms with Crippen molar-refractivity contribution < 1.29 is 39.1 Å². The molecule has 0 radical (unpaired) electrons. The van der Waals surface area contributed by atoms with Gasteiger partial charge in [-0.2, -0.15) is 0 Å². The zero-order valence-electron chi connectivity index (χ0n) is 18.2. The lowest BCUT2D eigenvalue weighted by Crippen LogP contribution is -2.03. The van der Waals surface area contributed by atoms with Gasteiger partial charge in [0, 0.05) is 0 Å². The third-order valence-electron chi connectivity index (χ3n) is 0.980. The minimum absolute atomic E-state index is 0. The highest BCUT2D eigenvalue weighted by Gasteiger charge is 1.89. The fourth-order valence-corrected chi connectivity index (χ4v) is 0.304. The summed E-state index contributed by atoms with van der Waals surface area (Å²) in [5.74, 6) is 5.47. The van der Waals surface area contributed by atoms with E-state index >= 15 is 0 Å². The van der Waals surface area contributed by atoms with Gasteiger partial charge >= 0.3 is 0 Å². The maximum atomic E-state index is 8.00. The lowest BCUT2D eigenvalue weighted by molar-refractivity contribution is -0.0987. The van der Waals surface area contributed by atoms with Crippen LogP contribution in [-0.4, -0.2) is 65.3 Å². The van der Waals surface area contributed by atoms with Crippen LogP contribution in [0.5, 0.6) is 0 Å². The molecule has 0 spiro atoms. The van der Waals surface area contributed by atoms with Crippen LogP contribution in [0.4, 0.5) is 0 Å². The molecule has 0 atom stereocenters. The number of carbonyl (C=O) groups is 6. The first-order valence-electron chi connectivity index (χ1n) is 5.30. The van der Waals surface area contributed by atoms with Gasteiger partial charge in [0.05, 0.1) is 6.61 Å². The lowest BCUT2D eigenvalue weighted by Gasteiger charge is -1.99. The number of nitrogens with two attached hydrogens (primary N) is 1. The van der Waals surface area contributed by atoms with Crippen LogP contribution in [0.1, 0.15) is 20.3 Å². The Morgan fingerprint density at radius 2 is 0.862 bits per heavy atom. The second-order valence-electron chi connectivity index (χ2n) is 2.39. The van der Waals surface area contributed by atoms with E-state index in [9.17, 15) is 0 Å². The predicted molar refractivity (Wildman–Crippen MR) is 133 cm³/mol. The second kappa shape index (κ2) is 378. The highest BCUT2D eigenvalue weighted by atomic mass is 79.9. The molecule has 0 aromatic rings. The minimum Gasteiger partial charge on any atom is -0.412 e. The molecular formula is C13H46BrN5O8S2. The first-order valence-corrected chi connectivity index (χ1v) is 8.27. The molecule has 29 heavy (non-hydrogen) atoms. The van der Waals surface area contributed by atoms with Crippen LogP contribution in [0.15, 0.2) is 0 Å². The van der Waals surface area contributed by atoms with Gasteiger partial charge < -0.3 is 63.7 Å². The summed E-state index contributed by atoms with van der Waals surface area (Å²) in [6, 6.07) is 0. The Labute approximate surface area is 194 Å². The normalized spacial score (nSPS) is 4.34. The predicted octanol–water partition coefficient (Wildman–Crippen LogP) is 1.84. The Hall–Kier alpha value is -1.08. The maximum Gasteiger partial charge on any atom is 0.106 e. The van der Waals surface area contributed by atoms with E-state index in [4.69, 9.17) is 34.7 Å². The molecular weight excluding hydrogens is 498 g/mol. The van der Waals surface area contributed by atoms with E-state index in [1.165, 1.54) is 0 Å². The average Bonchev–Trinajstić information content (AvgIpc) is 2.69. The van der Waals surface area contributed by atoms with E-state index in [0.717, 1.165) is 6.42 Å². The third-order valence-corrected chi connectivity index (χ3v) is 2.31. The van der Waals surface area contributed by atoms with Gasteiger partial charge in [-0.15, -0.1) is 17.0 Å². The second-order valence-corrected chi connectivity index (χ2v) is 5.05. The molecule has 0 aromatic carbocycles. The van der Waals surface area contributed by atoms with Gasteiger partial charge in [-0.25, -0.2) is 5.90 Å². The molecule has 16 heteroatoms. The fraction of sp³-hybridized carbons (Fsp3) is 0.538. The summed E-state index contributed by atoms with van der Waals surface area (Å²) in [5.41, 5.74) is 0. The number of halogens is 1. The molecule has 16 N–H and O–H groups in total. The van der Waals surface area contributed by atoms with E-state index < -0.39 is 0 Å². The summed E-state index contributed by atoms with van der Waals surface area (Å²) in [5, 5.41) is 0. The summed E-state index contributed by atoms with van der Waals surface area (Å²) in [6.45, 7) is 17.0. The molecule has 0 saturated carbocycles. The zero-order chi connectivity index (χ0) is 21.1. The Morgan fingerprint density at radius 1 is 0.690 bits per heavy atom. The topological polar surface area (TPSA) is 309 Å². The largest absolute Gasteiger partial charge is 0.412 e. The minimum atomic E-state index is 0. The molecule has 0 aliphatic rings. The molecule has 0 heterocycles. The van der Waals surface area contributed by atoms with Crippen molar-refractivity contribution in [3.05, 3.63) is 0 Å². The number of hydrogen-bond acceptors (Lipinski definition) is 14. The van der Waals surface area contributed by atoms with E-state index in [2.05, 4.69) is 31.2 Å². The van der Waals surface area contributed by atoms with Crippen LogP contribution in [0.25, 0.3) is 0 Å². The molecule has 0 rings (SSSR count). The highest BCUT2D eigenvalue weighted by molar-refractivity contribution is 8.93. The number of carbonyl (C=O) groups excluding carboxylic acids is 6. The van der Waals surface area contributed by atoms with E-state index in [1.807, 2.05) is 40.7 Å². The van der Waals surface area contributed by atoms with Crippen LogP contribution < -0.4 is 30.5 Å². The number of rotatable bonds is 4. The Balaban J connectivity index is -0.00000000769.